The summed E-state index contributed by atoms with van der Waals surface area (Å²) in [5, 5.41) is 0. The Balaban J connectivity index is 1.47. The third-order valence-corrected chi connectivity index (χ3v) is 6.09. The molecule has 0 N–H and O–H groups in total. The molecular formula is C27H36FO. The predicted octanol–water partition coefficient (Wildman–Crippen LogP) is 8.48. The van der Waals surface area contributed by atoms with Crippen LogP contribution in [0.3, 0.4) is 0 Å². The van der Waals surface area contributed by atoms with Gasteiger partial charge in [-0.25, -0.2) is 4.39 Å². The Labute approximate surface area is 176 Å². The van der Waals surface area contributed by atoms with Gasteiger partial charge in [0.25, 0.3) is 0 Å². The van der Waals surface area contributed by atoms with E-state index in [4.69, 9.17) is 4.74 Å². The topological polar surface area (TPSA) is 9.23 Å². The number of halogens is 1. The first-order valence-electron chi connectivity index (χ1n) is 11.6. The molecule has 2 heteroatoms. The molecule has 1 radical (unpaired) electrons. The molecule has 1 fully saturated rings. The minimum atomic E-state index is -0.266. The van der Waals surface area contributed by atoms with Gasteiger partial charge in [0.05, 0.1) is 6.61 Å². The van der Waals surface area contributed by atoms with Gasteiger partial charge in [0.2, 0.25) is 0 Å². The van der Waals surface area contributed by atoms with Crippen LogP contribution in [-0.4, -0.2) is 6.61 Å². The molecule has 0 atom stereocenters. The molecule has 0 aromatic heterocycles. The maximum atomic E-state index is 14.5. The van der Waals surface area contributed by atoms with Crippen LogP contribution in [0.25, 0.3) is 11.1 Å². The van der Waals surface area contributed by atoms with Crippen LogP contribution in [0.2, 0.25) is 0 Å². The summed E-state index contributed by atoms with van der Waals surface area (Å²) < 4.78 is 20.2. The van der Waals surface area contributed by atoms with E-state index in [0.29, 0.717) is 18.3 Å². The van der Waals surface area contributed by atoms with Crippen molar-refractivity contribution >= 4 is 0 Å². The fourth-order valence-electron chi connectivity index (χ4n) is 4.25. The first kappa shape index (κ1) is 21.9. The number of unbranched alkanes of at least 4 members (excludes halogenated alkanes) is 6. The van der Waals surface area contributed by atoms with E-state index in [-0.39, 0.29) is 5.82 Å². The van der Waals surface area contributed by atoms with Gasteiger partial charge in [-0.2, -0.15) is 0 Å². The van der Waals surface area contributed by atoms with Gasteiger partial charge in [-0.15, -0.1) is 0 Å². The molecule has 0 heterocycles. The molecule has 1 aliphatic rings. The van der Waals surface area contributed by atoms with Gasteiger partial charge < -0.3 is 4.74 Å². The van der Waals surface area contributed by atoms with Crippen molar-refractivity contribution in [3.05, 3.63) is 60.3 Å². The van der Waals surface area contributed by atoms with Crippen molar-refractivity contribution in [2.24, 2.45) is 0 Å². The zero-order valence-electron chi connectivity index (χ0n) is 18.0. The van der Waals surface area contributed by atoms with Crippen molar-refractivity contribution in [1.82, 2.24) is 0 Å². The molecular weight excluding hydrogens is 359 g/mol. The summed E-state index contributed by atoms with van der Waals surface area (Å²) in [5.74, 6) is 0.778. The maximum absolute atomic E-state index is 14.5. The largest absolute Gasteiger partial charge is 0.491 e. The first-order valence-corrected chi connectivity index (χ1v) is 11.6. The molecule has 0 unspecified atom stereocenters. The summed E-state index contributed by atoms with van der Waals surface area (Å²) in [6, 6.07) is 14.0. The van der Waals surface area contributed by atoms with E-state index in [1.54, 1.807) is 12.1 Å². The van der Waals surface area contributed by atoms with E-state index < -0.39 is 0 Å². The zero-order chi connectivity index (χ0) is 20.3. The maximum Gasteiger partial charge on any atom is 0.165 e. The molecule has 3 rings (SSSR count). The predicted molar refractivity (Wildman–Crippen MR) is 121 cm³/mol. The molecule has 0 saturated heterocycles. The smallest absolute Gasteiger partial charge is 0.165 e. The molecule has 2 aromatic rings. The highest BCUT2D eigenvalue weighted by Gasteiger charge is 2.15. The van der Waals surface area contributed by atoms with Crippen LogP contribution in [0.4, 0.5) is 4.39 Å². The molecule has 0 bridgehead atoms. The molecule has 1 saturated carbocycles. The summed E-state index contributed by atoms with van der Waals surface area (Å²) in [6.07, 6.45) is 16.0. The van der Waals surface area contributed by atoms with Crippen LogP contribution in [-0.2, 0) is 0 Å². The SMILES string of the molecule is CCCCCCCCCOc1ccc(-c2ccc(C3CC[CH]CC3)cc2)cc1F. The molecule has 0 spiro atoms. The Kier molecular flexibility index (Phi) is 9.05. The van der Waals surface area contributed by atoms with Gasteiger partial charge in [-0.1, -0.05) is 75.8 Å². The highest BCUT2D eigenvalue weighted by atomic mass is 19.1. The van der Waals surface area contributed by atoms with E-state index in [1.165, 1.54) is 63.4 Å². The average molecular weight is 396 g/mol. The second-order valence-electron chi connectivity index (χ2n) is 8.38. The van der Waals surface area contributed by atoms with Gasteiger partial charge in [0.15, 0.2) is 11.6 Å². The number of hydrogen-bond acceptors (Lipinski definition) is 1. The van der Waals surface area contributed by atoms with Crippen LogP contribution in [0.1, 0.15) is 89.0 Å². The Morgan fingerprint density at radius 2 is 1.48 bits per heavy atom. The Bertz CT molecular complexity index is 716. The number of hydrogen-bond donors (Lipinski definition) is 0. The third kappa shape index (κ3) is 6.87. The van der Waals surface area contributed by atoms with Gasteiger partial charge in [0.1, 0.15) is 0 Å². The standard InChI is InChI=1S/C27H36FO/c1-2-3-4-5-6-7-11-20-29-27-19-18-25(21-26(27)28)24-16-14-23(15-17-24)22-12-9-8-10-13-22/h8,14-19,21-22H,2-7,9-13,20H2,1H3. The summed E-state index contributed by atoms with van der Waals surface area (Å²) in [4.78, 5) is 0. The molecule has 29 heavy (non-hydrogen) atoms. The number of ether oxygens (including phenoxy) is 1. The minimum absolute atomic E-state index is 0.266. The zero-order valence-corrected chi connectivity index (χ0v) is 18.0. The molecule has 0 aliphatic heterocycles. The summed E-state index contributed by atoms with van der Waals surface area (Å²) in [7, 11) is 0. The van der Waals surface area contributed by atoms with Crippen LogP contribution >= 0.6 is 0 Å². The highest BCUT2D eigenvalue weighted by molar-refractivity contribution is 5.64. The Hall–Kier alpha value is -1.83. The Morgan fingerprint density at radius 3 is 2.17 bits per heavy atom. The lowest BCUT2D eigenvalue weighted by Gasteiger charge is -2.22. The summed E-state index contributed by atoms with van der Waals surface area (Å²) in [6.45, 7) is 2.83. The monoisotopic (exact) mass is 395 g/mol. The van der Waals surface area contributed by atoms with Gasteiger partial charge in [-0.05, 0) is 73.3 Å². The van der Waals surface area contributed by atoms with Crippen LogP contribution in [0.5, 0.6) is 5.75 Å². The van der Waals surface area contributed by atoms with Crippen LogP contribution in [0, 0.1) is 12.2 Å². The van der Waals surface area contributed by atoms with Gasteiger partial charge in [-0.3, -0.25) is 0 Å². The second-order valence-corrected chi connectivity index (χ2v) is 8.38. The molecule has 1 nitrogen and oxygen atoms in total. The molecule has 0 amide bonds. The number of rotatable bonds is 11. The van der Waals surface area contributed by atoms with Gasteiger partial charge in [0, 0.05) is 0 Å². The van der Waals surface area contributed by atoms with Crippen molar-refractivity contribution in [2.45, 2.75) is 83.5 Å². The summed E-state index contributed by atoms with van der Waals surface area (Å²) >= 11 is 0. The second kappa shape index (κ2) is 12.0. The van der Waals surface area contributed by atoms with E-state index in [0.717, 1.165) is 24.0 Å². The highest BCUT2D eigenvalue weighted by Crippen LogP contribution is 2.33. The van der Waals surface area contributed by atoms with E-state index in [9.17, 15) is 4.39 Å². The fraction of sp³-hybridized carbons (Fsp3) is 0.519. The third-order valence-electron chi connectivity index (χ3n) is 6.09. The number of benzene rings is 2. The van der Waals surface area contributed by atoms with E-state index >= 15 is 0 Å². The lowest BCUT2D eigenvalue weighted by atomic mass is 9.84. The van der Waals surface area contributed by atoms with Gasteiger partial charge >= 0.3 is 0 Å². The lowest BCUT2D eigenvalue weighted by molar-refractivity contribution is 0.290. The normalized spacial score (nSPS) is 14.8. The van der Waals surface area contributed by atoms with Crippen LogP contribution in [0.15, 0.2) is 42.5 Å². The quantitative estimate of drug-likeness (QED) is 0.347. The fourth-order valence-corrected chi connectivity index (χ4v) is 4.25. The molecule has 2 aromatic carbocycles. The first-order chi connectivity index (χ1) is 14.3. The Morgan fingerprint density at radius 1 is 0.828 bits per heavy atom. The lowest BCUT2D eigenvalue weighted by Crippen LogP contribution is -2.04. The van der Waals surface area contributed by atoms with Crippen molar-refractivity contribution < 1.29 is 9.13 Å². The van der Waals surface area contributed by atoms with Crippen molar-refractivity contribution in [2.75, 3.05) is 6.61 Å². The van der Waals surface area contributed by atoms with E-state index in [2.05, 4.69) is 37.6 Å². The minimum Gasteiger partial charge on any atom is -0.491 e. The van der Waals surface area contributed by atoms with Crippen molar-refractivity contribution in [3.63, 3.8) is 0 Å². The van der Waals surface area contributed by atoms with E-state index in [1.807, 2.05) is 6.07 Å². The molecule has 1 aliphatic carbocycles. The summed E-state index contributed by atoms with van der Waals surface area (Å²) in [5.41, 5.74) is 3.39. The average Bonchev–Trinajstić information content (AvgIpc) is 2.77. The van der Waals surface area contributed by atoms with Crippen molar-refractivity contribution in [1.29, 1.82) is 0 Å². The molecule has 157 valence electrons. The van der Waals surface area contributed by atoms with Crippen molar-refractivity contribution in [3.8, 4) is 16.9 Å². The van der Waals surface area contributed by atoms with Crippen LogP contribution < -0.4 is 4.74 Å².